The zero-order valence-electron chi connectivity index (χ0n) is 8.99. The zero-order valence-corrected chi connectivity index (χ0v) is 9.81. The Balaban J connectivity index is 2.89. The Morgan fingerprint density at radius 3 is 2.71 bits per heavy atom. The second kappa shape index (κ2) is 5.44. The SMILES string of the molecule is CCc1cnc(SCC(=O)O)n1CC(F)(F)F. The fraction of sp³-hybridized carbons (Fsp3) is 0.556. The highest BCUT2D eigenvalue weighted by Crippen LogP contribution is 2.25. The highest BCUT2D eigenvalue weighted by Gasteiger charge is 2.30. The number of aryl methyl sites for hydroxylation is 1. The van der Waals surface area contributed by atoms with Gasteiger partial charge in [0.1, 0.15) is 6.54 Å². The lowest BCUT2D eigenvalue weighted by Gasteiger charge is -2.12. The van der Waals surface area contributed by atoms with Crippen molar-refractivity contribution in [3.8, 4) is 0 Å². The van der Waals surface area contributed by atoms with Crippen LogP contribution < -0.4 is 0 Å². The predicted octanol–water partition coefficient (Wildman–Crippen LogP) is 2.18. The topological polar surface area (TPSA) is 55.1 Å². The van der Waals surface area contributed by atoms with E-state index in [9.17, 15) is 18.0 Å². The van der Waals surface area contributed by atoms with Crippen molar-refractivity contribution < 1.29 is 23.1 Å². The molecule has 0 saturated carbocycles. The quantitative estimate of drug-likeness (QED) is 0.832. The molecule has 0 saturated heterocycles. The minimum atomic E-state index is -4.34. The number of nitrogens with zero attached hydrogens (tertiary/aromatic N) is 2. The summed E-state index contributed by atoms with van der Waals surface area (Å²) in [6, 6.07) is 0. The molecule has 0 fully saturated rings. The first-order valence-corrected chi connectivity index (χ1v) is 5.77. The Kier molecular flexibility index (Phi) is 4.44. The van der Waals surface area contributed by atoms with Crippen LogP contribution in [-0.2, 0) is 17.8 Å². The molecule has 0 radical (unpaired) electrons. The molecule has 0 aromatic carbocycles. The lowest BCUT2D eigenvalue weighted by molar-refractivity contribution is -0.142. The molecule has 1 rings (SSSR count). The van der Waals surface area contributed by atoms with Crippen LogP contribution in [0.5, 0.6) is 0 Å². The molecule has 0 amide bonds. The summed E-state index contributed by atoms with van der Waals surface area (Å²) in [4.78, 5) is 14.2. The van der Waals surface area contributed by atoms with E-state index < -0.39 is 18.7 Å². The number of alkyl halides is 3. The smallest absolute Gasteiger partial charge is 0.406 e. The van der Waals surface area contributed by atoms with Crippen LogP contribution >= 0.6 is 11.8 Å². The molecule has 0 spiro atoms. The zero-order chi connectivity index (χ0) is 13.1. The Morgan fingerprint density at radius 2 is 2.24 bits per heavy atom. The summed E-state index contributed by atoms with van der Waals surface area (Å²) >= 11 is 0.784. The van der Waals surface area contributed by atoms with E-state index in [1.165, 1.54) is 6.20 Å². The van der Waals surface area contributed by atoms with Gasteiger partial charge in [0.15, 0.2) is 5.16 Å². The number of aromatic nitrogens is 2. The van der Waals surface area contributed by atoms with Crippen molar-refractivity contribution in [2.45, 2.75) is 31.2 Å². The molecule has 1 heterocycles. The Morgan fingerprint density at radius 1 is 1.59 bits per heavy atom. The maximum atomic E-state index is 12.3. The average molecular weight is 268 g/mol. The van der Waals surface area contributed by atoms with Crippen molar-refractivity contribution in [2.75, 3.05) is 5.75 Å². The normalized spacial score (nSPS) is 11.8. The molecule has 4 nitrogen and oxygen atoms in total. The maximum Gasteiger partial charge on any atom is 0.406 e. The van der Waals surface area contributed by atoms with Crippen molar-refractivity contribution >= 4 is 17.7 Å². The summed E-state index contributed by atoms with van der Waals surface area (Å²) in [5, 5.41) is 8.57. The van der Waals surface area contributed by atoms with Crippen LogP contribution in [0.1, 0.15) is 12.6 Å². The number of hydrogen-bond donors (Lipinski definition) is 1. The predicted molar refractivity (Wildman–Crippen MR) is 56.0 cm³/mol. The number of imidazole rings is 1. The third kappa shape index (κ3) is 4.29. The summed E-state index contributed by atoms with van der Waals surface area (Å²) in [5.74, 6) is -1.40. The van der Waals surface area contributed by atoms with Crippen molar-refractivity contribution in [3.05, 3.63) is 11.9 Å². The lowest BCUT2D eigenvalue weighted by Crippen LogP contribution is -2.20. The van der Waals surface area contributed by atoms with Gasteiger partial charge in [-0.25, -0.2) is 4.98 Å². The van der Waals surface area contributed by atoms with Crippen molar-refractivity contribution in [2.24, 2.45) is 0 Å². The standard InChI is InChI=1S/C9H11F3N2O2S/c1-2-6-3-13-8(17-4-7(15)16)14(6)5-9(10,11)12/h3H,2,4-5H2,1H3,(H,15,16). The van der Waals surface area contributed by atoms with Crippen LogP contribution in [0, 0.1) is 0 Å². The van der Waals surface area contributed by atoms with Gasteiger partial charge in [-0.05, 0) is 6.42 Å². The highest BCUT2D eigenvalue weighted by atomic mass is 32.2. The maximum absolute atomic E-state index is 12.3. The second-order valence-electron chi connectivity index (χ2n) is 3.27. The van der Waals surface area contributed by atoms with Gasteiger partial charge in [-0.3, -0.25) is 4.79 Å². The van der Waals surface area contributed by atoms with Crippen LogP contribution in [0.2, 0.25) is 0 Å². The molecule has 8 heteroatoms. The largest absolute Gasteiger partial charge is 0.481 e. The Bertz CT molecular complexity index is 403. The van der Waals surface area contributed by atoms with Crippen molar-refractivity contribution in [1.82, 2.24) is 9.55 Å². The monoisotopic (exact) mass is 268 g/mol. The number of aliphatic carboxylic acids is 1. The number of hydrogen-bond acceptors (Lipinski definition) is 3. The molecular formula is C9H11F3N2O2S. The Labute approximate surface area is 99.8 Å². The number of carboxylic acid groups (broad SMARTS) is 1. The van der Waals surface area contributed by atoms with Gasteiger partial charge in [0, 0.05) is 11.9 Å². The highest BCUT2D eigenvalue weighted by molar-refractivity contribution is 7.99. The number of thioether (sulfide) groups is 1. The molecule has 1 N–H and O–H groups in total. The van der Waals surface area contributed by atoms with E-state index in [1.807, 2.05) is 0 Å². The number of carboxylic acids is 1. The fourth-order valence-corrected chi connectivity index (χ4v) is 1.98. The molecule has 96 valence electrons. The van der Waals surface area contributed by atoms with E-state index in [-0.39, 0.29) is 10.9 Å². The second-order valence-corrected chi connectivity index (χ2v) is 4.21. The average Bonchev–Trinajstić information content (AvgIpc) is 2.55. The number of rotatable bonds is 5. The van der Waals surface area contributed by atoms with Crippen LogP contribution in [0.15, 0.2) is 11.4 Å². The molecule has 17 heavy (non-hydrogen) atoms. The number of halogens is 3. The van der Waals surface area contributed by atoms with Gasteiger partial charge in [-0.2, -0.15) is 13.2 Å². The molecule has 0 bridgehead atoms. The van der Waals surface area contributed by atoms with Crippen LogP contribution in [0.4, 0.5) is 13.2 Å². The molecular weight excluding hydrogens is 257 g/mol. The van der Waals surface area contributed by atoms with Gasteiger partial charge in [0.25, 0.3) is 0 Å². The lowest BCUT2D eigenvalue weighted by atomic mass is 10.3. The van der Waals surface area contributed by atoms with Crippen molar-refractivity contribution in [1.29, 1.82) is 0 Å². The van der Waals surface area contributed by atoms with E-state index in [0.29, 0.717) is 12.1 Å². The minimum Gasteiger partial charge on any atom is -0.481 e. The number of carbonyl (C=O) groups is 1. The first-order chi connectivity index (χ1) is 7.83. The van der Waals surface area contributed by atoms with E-state index in [4.69, 9.17) is 5.11 Å². The van der Waals surface area contributed by atoms with E-state index in [2.05, 4.69) is 4.98 Å². The van der Waals surface area contributed by atoms with Gasteiger partial charge in [0.2, 0.25) is 0 Å². The molecule has 0 atom stereocenters. The molecule has 0 aliphatic carbocycles. The molecule has 1 aromatic heterocycles. The summed E-state index contributed by atoms with van der Waals surface area (Å²) in [7, 11) is 0. The van der Waals surface area contributed by atoms with Gasteiger partial charge < -0.3 is 9.67 Å². The van der Waals surface area contributed by atoms with Gasteiger partial charge in [0.05, 0.1) is 5.75 Å². The summed E-state index contributed by atoms with van der Waals surface area (Å²) in [6.07, 6.45) is -2.59. The van der Waals surface area contributed by atoms with Crippen LogP contribution in [0.3, 0.4) is 0 Å². The molecule has 0 aliphatic rings. The first kappa shape index (κ1) is 13.9. The minimum absolute atomic E-state index is 0.0848. The third-order valence-corrected chi connectivity index (χ3v) is 2.90. The first-order valence-electron chi connectivity index (χ1n) is 4.79. The Hall–Kier alpha value is -1.18. The van der Waals surface area contributed by atoms with Gasteiger partial charge in [-0.1, -0.05) is 18.7 Å². The van der Waals surface area contributed by atoms with E-state index in [0.717, 1.165) is 16.3 Å². The van der Waals surface area contributed by atoms with Crippen LogP contribution in [-0.4, -0.2) is 32.6 Å². The van der Waals surface area contributed by atoms with E-state index >= 15 is 0 Å². The van der Waals surface area contributed by atoms with E-state index in [1.54, 1.807) is 6.92 Å². The van der Waals surface area contributed by atoms with Crippen molar-refractivity contribution in [3.63, 3.8) is 0 Å². The van der Waals surface area contributed by atoms with Crippen LogP contribution in [0.25, 0.3) is 0 Å². The molecule has 1 aromatic rings. The fourth-order valence-electron chi connectivity index (χ4n) is 1.26. The summed E-state index contributed by atoms with van der Waals surface area (Å²) < 4.78 is 38.0. The molecule has 0 aliphatic heterocycles. The summed E-state index contributed by atoms with van der Waals surface area (Å²) in [6.45, 7) is 0.577. The van der Waals surface area contributed by atoms with Gasteiger partial charge >= 0.3 is 12.1 Å². The summed E-state index contributed by atoms with van der Waals surface area (Å²) in [5.41, 5.74) is 0.440. The molecule has 0 unspecified atom stereocenters. The third-order valence-electron chi connectivity index (χ3n) is 1.93. The van der Waals surface area contributed by atoms with Gasteiger partial charge in [-0.15, -0.1) is 0 Å².